The Hall–Kier alpha value is -1.57. The quantitative estimate of drug-likeness (QED) is 0.716. The Labute approximate surface area is 84.4 Å². The van der Waals surface area contributed by atoms with Crippen LogP contribution in [0.3, 0.4) is 0 Å². The summed E-state index contributed by atoms with van der Waals surface area (Å²) in [6.07, 6.45) is 5.03. The summed E-state index contributed by atoms with van der Waals surface area (Å²) in [7, 11) is 0. The van der Waals surface area contributed by atoms with Gasteiger partial charge in [-0.05, 0) is 18.6 Å². The first-order valence-electron chi connectivity index (χ1n) is 4.91. The molecule has 1 heterocycles. The van der Waals surface area contributed by atoms with Gasteiger partial charge in [0.2, 0.25) is 0 Å². The molecule has 2 rings (SSSR count). The predicted molar refractivity (Wildman–Crippen MR) is 60.4 cm³/mol. The van der Waals surface area contributed by atoms with Gasteiger partial charge in [-0.3, -0.25) is 0 Å². The fourth-order valence-electron chi connectivity index (χ4n) is 1.46. The largest absolute Gasteiger partial charge is 0.344 e. The van der Waals surface area contributed by atoms with Crippen molar-refractivity contribution in [1.29, 1.82) is 0 Å². The maximum atomic E-state index is 4.33. The molecule has 72 valence electrons. The molecule has 0 bridgehead atoms. The minimum absolute atomic E-state index is 0.486. The van der Waals surface area contributed by atoms with E-state index in [0.29, 0.717) is 5.92 Å². The Balaban J connectivity index is 2.11. The summed E-state index contributed by atoms with van der Waals surface area (Å²) in [6, 6.07) is 10.1. The fourth-order valence-corrected chi connectivity index (χ4v) is 1.46. The first-order chi connectivity index (χ1) is 6.86. The van der Waals surface area contributed by atoms with E-state index >= 15 is 0 Å². The van der Waals surface area contributed by atoms with E-state index in [4.69, 9.17) is 0 Å². The molecule has 0 fully saturated rings. The molecule has 2 heteroatoms. The molecule has 1 N–H and O–H groups in total. The number of anilines is 1. The van der Waals surface area contributed by atoms with Crippen molar-refractivity contribution < 1.29 is 0 Å². The summed E-state index contributed by atoms with van der Waals surface area (Å²) in [4.78, 5) is 4.33. The number of aliphatic imine (C=N–C) groups is 1. The SMILES string of the molecule is CC1CC=CN=C1Nc1ccccc1. The predicted octanol–water partition coefficient (Wildman–Crippen LogP) is 3.05. The number of allylic oxidation sites excluding steroid dienone is 1. The first-order valence-corrected chi connectivity index (χ1v) is 4.91. The summed E-state index contributed by atoms with van der Waals surface area (Å²) in [5.41, 5.74) is 1.11. The van der Waals surface area contributed by atoms with E-state index in [2.05, 4.69) is 23.3 Å². The maximum Gasteiger partial charge on any atom is 0.109 e. The number of nitrogens with zero attached hydrogens (tertiary/aromatic N) is 1. The molecular weight excluding hydrogens is 172 g/mol. The van der Waals surface area contributed by atoms with Crippen molar-refractivity contribution in [1.82, 2.24) is 0 Å². The molecule has 0 spiro atoms. The maximum absolute atomic E-state index is 4.33. The highest BCUT2D eigenvalue weighted by molar-refractivity contribution is 5.97. The lowest BCUT2D eigenvalue weighted by Gasteiger charge is -2.17. The van der Waals surface area contributed by atoms with Gasteiger partial charge in [0, 0.05) is 17.8 Å². The smallest absolute Gasteiger partial charge is 0.109 e. The summed E-state index contributed by atoms with van der Waals surface area (Å²) >= 11 is 0. The van der Waals surface area contributed by atoms with E-state index in [1.54, 1.807) is 0 Å². The number of para-hydroxylation sites is 1. The molecule has 0 saturated heterocycles. The topological polar surface area (TPSA) is 24.4 Å². The molecule has 2 nitrogen and oxygen atoms in total. The third kappa shape index (κ3) is 2.02. The van der Waals surface area contributed by atoms with Crippen molar-refractivity contribution in [3.8, 4) is 0 Å². The lowest BCUT2D eigenvalue weighted by molar-refractivity contribution is 0.774. The summed E-state index contributed by atoms with van der Waals surface area (Å²) < 4.78 is 0. The number of hydrogen-bond donors (Lipinski definition) is 1. The van der Waals surface area contributed by atoms with E-state index < -0.39 is 0 Å². The molecule has 1 unspecified atom stereocenters. The van der Waals surface area contributed by atoms with Gasteiger partial charge in [-0.15, -0.1) is 0 Å². The lowest BCUT2D eigenvalue weighted by Crippen LogP contribution is -2.21. The molecule has 14 heavy (non-hydrogen) atoms. The fraction of sp³-hybridized carbons (Fsp3) is 0.250. The highest BCUT2D eigenvalue weighted by Gasteiger charge is 2.11. The highest BCUT2D eigenvalue weighted by Crippen LogP contribution is 2.14. The molecule has 1 aliphatic rings. The van der Waals surface area contributed by atoms with Crippen LogP contribution in [0.25, 0.3) is 0 Å². The Morgan fingerprint density at radius 1 is 1.29 bits per heavy atom. The third-order valence-corrected chi connectivity index (χ3v) is 2.32. The molecule has 1 atom stereocenters. The van der Waals surface area contributed by atoms with Gasteiger partial charge in [0.15, 0.2) is 0 Å². The van der Waals surface area contributed by atoms with E-state index in [0.717, 1.165) is 17.9 Å². The van der Waals surface area contributed by atoms with Crippen molar-refractivity contribution in [2.45, 2.75) is 13.3 Å². The number of hydrogen-bond acceptors (Lipinski definition) is 2. The van der Waals surface area contributed by atoms with Gasteiger partial charge >= 0.3 is 0 Å². The van der Waals surface area contributed by atoms with E-state index in [1.165, 1.54) is 0 Å². The van der Waals surface area contributed by atoms with Gasteiger partial charge < -0.3 is 5.32 Å². The van der Waals surface area contributed by atoms with Crippen LogP contribution in [0.1, 0.15) is 13.3 Å². The van der Waals surface area contributed by atoms with Crippen molar-refractivity contribution in [2.24, 2.45) is 10.9 Å². The monoisotopic (exact) mass is 186 g/mol. The summed E-state index contributed by atoms with van der Waals surface area (Å²) in [6.45, 7) is 2.18. The van der Waals surface area contributed by atoms with Crippen LogP contribution in [0.4, 0.5) is 5.69 Å². The van der Waals surface area contributed by atoms with Gasteiger partial charge in [0.1, 0.15) is 5.84 Å². The molecular formula is C12H14N2. The van der Waals surface area contributed by atoms with Gasteiger partial charge in [-0.2, -0.15) is 0 Å². The molecule has 0 saturated carbocycles. The van der Waals surface area contributed by atoms with Gasteiger partial charge in [0.05, 0.1) is 0 Å². The highest BCUT2D eigenvalue weighted by atomic mass is 15.0. The Morgan fingerprint density at radius 3 is 2.79 bits per heavy atom. The minimum atomic E-state index is 0.486. The molecule has 1 aromatic rings. The van der Waals surface area contributed by atoms with Gasteiger partial charge in [-0.1, -0.05) is 31.2 Å². The van der Waals surface area contributed by atoms with E-state index in [9.17, 15) is 0 Å². The zero-order valence-electron chi connectivity index (χ0n) is 8.27. The van der Waals surface area contributed by atoms with Crippen LogP contribution in [0, 0.1) is 5.92 Å². The Kier molecular flexibility index (Phi) is 2.63. The van der Waals surface area contributed by atoms with Crippen molar-refractivity contribution >= 4 is 11.5 Å². The number of amidine groups is 1. The van der Waals surface area contributed by atoms with Crippen molar-refractivity contribution in [3.63, 3.8) is 0 Å². The average Bonchev–Trinajstić information content (AvgIpc) is 2.23. The molecule has 0 aliphatic carbocycles. The van der Waals surface area contributed by atoms with Crippen molar-refractivity contribution in [3.05, 3.63) is 42.6 Å². The molecule has 0 amide bonds. The second-order valence-corrected chi connectivity index (χ2v) is 3.53. The minimum Gasteiger partial charge on any atom is -0.344 e. The van der Waals surface area contributed by atoms with Crippen LogP contribution in [0.15, 0.2) is 47.6 Å². The summed E-state index contributed by atoms with van der Waals surface area (Å²) in [5, 5.41) is 3.33. The molecule has 0 aromatic heterocycles. The Morgan fingerprint density at radius 2 is 2.07 bits per heavy atom. The second kappa shape index (κ2) is 4.09. The molecule has 0 radical (unpaired) electrons. The van der Waals surface area contributed by atoms with E-state index in [1.807, 2.05) is 36.5 Å². The van der Waals surface area contributed by atoms with Gasteiger partial charge in [-0.25, -0.2) is 4.99 Å². The van der Waals surface area contributed by atoms with Crippen LogP contribution < -0.4 is 5.32 Å². The molecule has 1 aromatic carbocycles. The van der Waals surface area contributed by atoms with Crippen LogP contribution >= 0.6 is 0 Å². The molecule has 1 aliphatic heterocycles. The van der Waals surface area contributed by atoms with Crippen LogP contribution in [-0.2, 0) is 0 Å². The average molecular weight is 186 g/mol. The summed E-state index contributed by atoms with van der Waals surface area (Å²) in [5.74, 6) is 1.54. The number of nitrogens with one attached hydrogen (secondary N) is 1. The van der Waals surface area contributed by atoms with Crippen LogP contribution in [0.2, 0.25) is 0 Å². The normalized spacial score (nSPS) is 20.4. The standard InChI is InChI=1S/C12H14N2/c1-10-6-5-9-13-12(10)14-11-7-3-2-4-8-11/h2-5,7-10H,6H2,1H3,(H,13,14). The number of rotatable bonds is 1. The second-order valence-electron chi connectivity index (χ2n) is 3.53. The van der Waals surface area contributed by atoms with Gasteiger partial charge in [0.25, 0.3) is 0 Å². The number of benzene rings is 1. The zero-order chi connectivity index (χ0) is 9.80. The van der Waals surface area contributed by atoms with Crippen LogP contribution in [0.5, 0.6) is 0 Å². The Bertz CT molecular complexity index is 352. The zero-order valence-corrected chi connectivity index (χ0v) is 8.27. The third-order valence-electron chi connectivity index (χ3n) is 2.32. The first kappa shape index (κ1) is 9.00. The van der Waals surface area contributed by atoms with E-state index in [-0.39, 0.29) is 0 Å². The van der Waals surface area contributed by atoms with Crippen LogP contribution in [-0.4, -0.2) is 5.84 Å². The lowest BCUT2D eigenvalue weighted by atomic mass is 10.0. The van der Waals surface area contributed by atoms with Crippen molar-refractivity contribution in [2.75, 3.05) is 5.32 Å².